The molecule has 4 rings (SSSR count). The Kier molecular flexibility index (Phi) is 5.52. The molecule has 0 saturated carbocycles. The number of hydrogen-bond acceptors (Lipinski definition) is 2. The standard InChI is InChI=1S/C25H26N2O2/c1-3-18-8-5-11-21-23(16-27-25(18)21)22(19-9-4-7-17(2)13-19)14-24(28)26-15-20-10-6-12-29-20/h4-13,16,22,27H,3,14-15H2,1-2H3,(H,26,28)/t22-/m0/s1. The van der Waals surface area contributed by atoms with Crippen LogP contribution in [0.25, 0.3) is 10.9 Å². The highest BCUT2D eigenvalue weighted by molar-refractivity contribution is 5.88. The van der Waals surface area contributed by atoms with Gasteiger partial charge in [-0.25, -0.2) is 0 Å². The number of carbonyl (C=O) groups excluding carboxylic acids is 1. The Morgan fingerprint density at radius 3 is 2.76 bits per heavy atom. The van der Waals surface area contributed by atoms with Crippen LogP contribution in [0.1, 0.15) is 47.3 Å². The van der Waals surface area contributed by atoms with Crippen molar-refractivity contribution in [3.8, 4) is 0 Å². The molecule has 2 aromatic carbocycles. The van der Waals surface area contributed by atoms with Crippen molar-refractivity contribution >= 4 is 16.8 Å². The Morgan fingerprint density at radius 2 is 2.00 bits per heavy atom. The van der Waals surface area contributed by atoms with Crippen LogP contribution in [0.15, 0.2) is 71.5 Å². The van der Waals surface area contributed by atoms with Gasteiger partial charge >= 0.3 is 0 Å². The number of nitrogens with one attached hydrogen (secondary N) is 2. The van der Waals surface area contributed by atoms with E-state index < -0.39 is 0 Å². The molecule has 148 valence electrons. The van der Waals surface area contributed by atoms with Crippen molar-refractivity contribution in [3.63, 3.8) is 0 Å². The molecule has 0 fully saturated rings. The molecule has 0 spiro atoms. The number of aromatic nitrogens is 1. The van der Waals surface area contributed by atoms with Crippen LogP contribution in [-0.2, 0) is 17.8 Å². The quantitative estimate of drug-likeness (QED) is 0.442. The van der Waals surface area contributed by atoms with E-state index in [9.17, 15) is 4.79 Å². The Morgan fingerprint density at radius 1 is 1.14 bits per heavy atom. The van der Waals surface area contributed by atoms with E-state index in [1.165, 1.54) is 22.0 Å². The lowest BCUT2D eigenvalue weighted by Crippen LogP contribution is -2.24. The van der Waals surface area contributed by atoms with Gasteiger partial charge in [0.2, 0.25) is 5.91 Å². The summed E-state index contributed by atoms with van der Waals surface area (Å²) in [5, 5.41) is 4.18. The molecule has 1 amide bonds. The molecule has 0 bridgehead atoms. The third-order valence-corrected chi connectivity index (χ3v) is 5.46. The minimum atomic E-state index is -0.0210. The van der Waals surface area contributed by atoms with Crippen molar-refractivity contribution in [2.45, 2.75) is 39.2 Å². The molecular weight excluding hydrogens is 360 g/mol. The van der Waals surface area contributed by atoms with E-state index in [0.29, 0.717) is 13.0 Å². The molecular formula is C25H26N2O2. The number of fused-ring (bicyclic) bond motifs is 1. The van der Waals surface area contributed by atoms with E-state index in [4.69, 9.17) is 4.42 Å². The number of benzene rings is 2. The van der Waals surface area contributed by atoms with Gasteiger partial charge in [0, 0.05) is 29.4 Å². The summed E-state index contributed by atoms with van der Waals surface area (Å²) in [4.78, 5) is 16.3. The number of aromatic amines is 1. The Labute approximate surface area is 170 Å². The van der Waals surface area contributed by atoms with Gasteiger partial charge in [0.25, 0.3) is 0 Å². The number of H-pyrrole nitrogens is 1. The van der Waals surface area contributed by atoms with Gasteiger partial charge in [0.1, 0.15) is 5.76 Å². The van der Waals surface area contributed by atoms with Crippen LogP contribution in [0.3, 0.4) is 0 Å². The smallest absolute Gasteiger partial charge is 0.221 e. The first-order chi connectivity index (χ1) is 14.2. The fourth-order valence-corrected chi connectivity index (χ4v) is 3.97. The maximum atomic E-state index is 12.8. The lowest BCUT2D eigenvalue weighted by molar-refractivity contribution is -0.121. The number of amides is 1. The van der Waals surface area contributed by atoms with Gasteiger partial charge in [-0.05, 0) is 42.2 Å². The van der Waals surface area contributed by atoms with Crippen molar-refractivity contribution in [1.82, 2.24) is 10.3 Å². The van der Waals surface area contributed by atoms with Crippen molar-refractivity contribution in [2.24, 2.45) is 0 Å². The molecule has 2 heterocycles. The molecule has 0 aliphatic carbocycles. The van der Waals surface area contributed by atoms with Crippen molar-refractivity contribution in [3.05, 3.63) is 95.1 Å². The Hall–Kier alpha value is -3.27. The summed E-state index contributed by atoms with van der Waals surface area (Å²) in [5.41, 5.74) is 5.96. The van der Waals surface area contributed by atoms with Gasteiger partial charge in [0.15, 0.2) is 0 Å². The summed E-state index contributed by atoms with van der Waals surface area (Å²) < 4.78 is 5.32. The highest BCUT2D eigenvalue weighted by Crippen LogP contribution is 2.35. The first kappa shape index (κ1) is 19.1. The van der Waals surface area contributed by atoms with Crippen LogP contribution < -0.4 is 5.32 Å². The van der Waals surface area contributed by atoms with Crippen LogP contribution in [0, 0.1) is 6.92 Å². The van der Waals surface area contributed by atoms with Crippen LogP contribution >= 0.6 is 0 Å². The van der Waals surface area contributed by atoms with Gasteiger partial charge in [-0.3, -0.25) is 4.79 Å². The molecule has 2 aromatic heterocycles. The molecule has 0 aliphatic rings. The number of carbonyl (C=O) groups is 1. The van der Waals surface area contributed by atoms with Gasteiger partial charge < -0.3 is 14.7 Å². The van der Waals surface area contributed by atoms with Gasteiger partial charge in [0.05, 0.1) is 12.8 Å². The van der Waals surface area contributed by atoms with Crippen LogP contribution in [-0.4, -0.2) is 10.9 Å². The second-order valence-corrected chi connectivity index (χ2v) is 7.46. The first-order valence-electron chi connectivity index (χ1n) is 10.1. The van der Waals surface area contributed by atoms with Gasteiger partial charge in [-0.15, -0.1) is 0 Å². The first-order valence-corrected chi connectivity index (χ1v) is 10.1. The van der Waals surface area contributed by atoms with E-state index in [1.54, 1.807) is 6.26 Å². The van der Waals surface area contributed by atoms with E-state index in [1.807, 2.05) is 12.1 Å². The van der Waals surface area contributed by atoms with E-state index in [-0.39, 0.29) is 11.8 Å². The zero-order chi connectivity index (χ0) is 20.2. The van der Waals surface area contributed by atoms with Crippen LogP contribution in [0.4, 0.5) is 0 Å². The van der Waals surface area contributed by atoms with Crippen molar-refractivity contribution < 1.29 is 9.21 Å². The third kappa shape index (κ3) is 4.11. The molecule has 1 atom stereocenters. The minimum Gasteiger partial charge on any atom is -0.467 e. The summed E-state index contributed by atoms with van der Waals surface area (Å²) in [5.74, 6) is 0.742. The second kappa shape index (κ2) is 8.39. The Balaban J connectivity index is 1.67. The average Bonchev–Trinajstić information content (AvgIpc) is 3.40. The predicted molar refractivity (Wildman–Crippen MR) is 116 cm³/mol. The number of para-hydroxylation sites is 1. The second-order valence-electron chi connectivity index (χ2n) is 7.46. The fourth-order valence-electron chi connectivity index (χ4n) is 3.97. The minimum absolute atomic E-state index is 0.00824. The highest BCUT2D eigenvalue weighted by atomic mass is 16.3. The SMILES string of the molecule is CCc1cccc2c([C@@H](CC(=O)NCc3ccco3)c3cccc(C)c3)c[nH]c12. The summed E-state index contributed by atoms with van der Waals surface area (Å²) in [6, 6.07) is 18.5. The number of hydrogen-bond donors (Lipinski definition) is 2. The third-order valence-electron chi connectivity index (χ3n) is 5.46. The zero-order valence-corrected chi connectivity index (χ0v) is 16.9. The van der Waals surface area contributed by atoms with Crippen LogP contribution in [0.5, 0.6) is 0 Å². The van der Waals surface area contributed by atoms with Crippen molar-refractivity contribution in [2.75, 3.05) is 0 Å². The maximum Gasteiger partial charge on any atom is 0.221 e. The number of furan rings is 1. The monoisotopic (exact) mass is 386 g/mol. The molecule has 4 nitrogen and oxygen atoms in total. The highest BCUT2D eigenvalue weighted by Gasteiger charge is 2.22. The molecule has 0 aliphatic heterocycles. The molecule has 4 heteroatoms. The lowest BCUT2D eigenvalue weighted by atomic mass is 9.87. The predicted octanol–water partition coefficient (Wildman–Crippen LogP) is 5.47. The average molecular weight is 386 g/mol. The zero-order valence-electron chi connectivity index (χ0n) is 16.9. The summed E-state index contributed by atoms with van der Waals surface area (Å²) in [7, 11) is 0. The van der Waals surface area contributed by atoms with Crippen LogP contribution in [0.2, 0.25) is 0 Å². The molecule has 29 heavy (non-hydrogen) atoms. The fraction of sp³-hybridized carbons (Fsp3) is 0.240. The topological polar surface area (TPSA) is 58.0 Å². The largest absolute Gasteiger partial charge is 0.467 e. The molecule has 4 aromatic rings. The van der Waals surface area contributed by atoms with E-state index in [2.05, 4.69) is 72.8 Å². The van der Waals surface area contributed by atoms with E-state index >= 15 is 0 Å². The van der Waals surface area contributed by atoms with E-state index in [0.717, 1.165) is 23.3 Å². The summed E-state index contributed by atoms with van der Waals surface area (Å²) in [6.07, 6.45) is 5.04. The number of aryl methyl sites for hydroxylation is 2. The lowest BCUT2D eigenvalue weighted by Gasteiger charge is -2.18. The summed E-state index contributed by atoms with van der Waals surface area (Å²) >= 11 is 0. The normalized spacial score (nSPS) is 12.2. The van der Waals surface area contributed by atoms with Gasteiger partial charge in [-0.2, -0.15) is 0 Å². The summed E-state index contributed by atoms with van der Waals surface area (Å²) in [6.45, 7) is 4.65. The molecule has 0 radical (unpaired) electrons. The van der Waals surface area contributed by atoms with Crippen molar-refractivity contribution in [1.29, 1.82) is 0 Å². The maximum absolute atomic E-state index is 12.8. The van der Waals surface area contributed by atoms with Gasteiger partial charge in [-0.1, -0.05) is 55.0 Å². The molecule has 0 unspecified atom stereocenters. The Bertz CT molecular complexity index is 1110. The molecule has 2 N–H and O–H groups in total. The molecule has 0 saturated heterocycles. The number of rotatable bonds is 7.